The predicted molar refractivity (Wildman–Crippen MR) is 185 cm³/mol. The summed E-state index contributed by atoms with van der Waals surface area (Å²) < 4.78 is 29.6. The normalized spacial score (nSPS) is 13.7. The summed E-state index contributed by atoms with van der Waals surface area (Å²) in [7, 11) is -3.83. The van der Waals surface area contributed by atoms with Crippen LogP contribution in [0.4, 0.5) is 11.6 Å². The molecule has 1 N–H and O–H groups in total. The summed E-state index contributed by atoms with van der Waals surface area (Å²) in [6.45, 7) is 11.7. The van der Waals surface area contributed by atoms with Gasteiger partial charge >= 0.3 is 0 Å². The van der Waals surface area contributed by atoms with E-state index in [1.165, 1.54) is 0 Å². The third-order valence-electron chi connectivity index (χ3n) is 9.13. The van der Waals surface area contributed by atoms with E-state index in [0.29, 0.717) is 53.3 Å². The molecular formula is C36H36ClN5O3S. The number of benzene rings is 4. The lowest BCUT2D eigenvalue weighted by atomic mass is 9.95. The Balaban J connectivity index is 1.16. The maximum Gasteiger partial charge on any atom is 0.262 e. The molecule has 4 aromatic carbocycles. The zero-order chi connectivity index (χ0) is 32.7. The third kappa shape index (κ3) is 5.92. The zero-order valence-corrected chi connectivity index (χ0v) is 28.1. The number of rotatable bonds is 6. The second-order valence-electron chi connectivity index (χ2n) is 11.8. The molecule has 0 aliphatic carbocycles. The number of amides is 1. The summed E-state index contributed by atoms with van der Waals surface area (Å²) >= 11 is 6.32. The minimum atomic E-state index is -3.83. The Bertz CT molecular complexity index is 2050. The number of carbonyl (C=O) groups is 1. The van der Waals surface area contributed by atoms with Gasteiger partial charge in [-0.25, -0.2) is 18.4 Å². The van der Waals surface area contributed by atoms with Gasteiger partial charge in [0.2, 0.25) is 5.95 Å². The van der Waals surface area contributed by atoms with Crippen LogP contribution in [-0.2, 0) is 10.0 Å². The molecular weight excluding hydrogens is 618 g/mol. The SMILES string of the molecule is Cc1c(C)c(C)c(S(=O)(=O)Nc2ccc(C(=O)N3CCN(c4nc(-c5ccccc5)c5cc(Cl)ccc5n4)CC3)cc2)c(C)c1C. The van der Waals surface area contributed by atoms with Gasteiger partial charge in [-0.2, -0.15) is 0 Å². The first-order valence-corrected chi connectivity index (χ1v) is 17.1. The van der Waals surface area contributed by atoms with E-state index in [4.69, 9.17) is 21.6 Å². The number of fused-ring (bicyclic) bond motifs is 1. The molecule has 2 heterocycles. The molecule has 0 unspecified atom stereocenters. The number of halogens is 1. The molecule has 8 nitrogen and oxygen atoms in total. The number of anilines is 2. The Hall–Kier alpha value is -4.47. The molecule has 5 aromatic rings. The van der Waals surface area contributed by atoms with Crippen molar-refractivity contribution >= 4 is 50.1 Å². The molecule has 0 atom stereocenters. The van der Waals surface area contributed by atoms with Crippen LogP contribution < -0.4 is 9.62 Å². The lowest BCUT2D eigenvalue weighted by Gasteiger charge is -2.35. The number of aromatic nitrogens is 2. The van der Waals surface area contributed by atoms with Crippen LogP contribution in [-0.4, -0.2) is 55.4 Å². The van der Waals surface area contributed by atoms with E-state index in [-0.39, 0.29) is 5.91 Å². The number of hydrogen-bond acceptors (Lipinski definition) is 6. The second kappa shape index (κ2) is 12.4. The van der Waals surface area contributed by atoms with Crippen LogP contribution >= 0.6 is 11.6 Å². The first-order chi connectivity index (χ1) is 21.9. The number of sulfonamides is 1. The van der Waals surface area contributed by atoms with Gasteiger partial charge in [0.05, 0.1) is 16.1 Å². The van der Waals surface area contributed by atoms with Gasteiger partial charge in [-0.05, 0) is 105 Å². The molecule has 0 saturated carbocycles. The van der Waals surface area contributed by atoms with Crippen molar-refractivity contribution in [3.8, 4) is 11.3 Å². The van der Waals surface area contributed by atoms with Crippen molar-refractivity contribution in [2.24, 2.45) is 0 Å². The Morgan fingerprint density at radius 3 is 2.00 bits per heavy atom. The molecule has 1 aliphatic heterocycles. The molecule has 46 heavy (non-hydrogen) atoms. The largest absolute Gasteiger partial charge is 0.337 e. The van der Waals surface area contributed by atoms with E-state index in [9.17, 15) is 13.2 Å². The monoisotopic (exact) mass is 653 g/mol. The van der Waals surface area contributed by atoms with Gasteiger partial charge < -0.3 is 9.80 Å². The van der Waals surface area contributed by atoms with Crippen molar-refractivity contribution in [3.05, 3.63) is 111 Å². The number of nitrogens with one attached hydrogen (secondary N) is 1. The average Bonchev–Trinajstić information content (AvgIpc) is 3.06. The van der Waals surface area contributed by atoms with Gasteiger partial charge in [0.25, 0.3) is 15.9 Å². The molecule has 1 amide bonds. The predicted octanol–water partition coefficient (Wildman–Crippen LogP) is 7.26. The van der Waals surface area contributed by atoms with Gasteiger partial charge in [0.1, 0.15) is 0 Å². The number of carbonyl (C=O) groups excluding carboxylic acids is 1. The number of hydrogen-bond donors (Lipinski definition) is 1. The fourth-order valence-corrected chi connectivity index (χ4v) is 7.93. The Kier molecular flexibility index (Phi) is 8.48. The molecule has 0 bridgehead atoms. The molecule has 10 heteroatoms. The van der Waals surface area contributed by atoms with E-state index in [0.717, 1.165) is 50.0 Å². The van der Waals surface area contributed by atoms with Crippen molar-refractivity contribution in [2.75, 3.05) is 35.8 Å². The summed E-state index contributed by atoms with van der Waals surface area (Å²) in [4.78, 5) is 27.4. The first-order valence-electron chi connectivity index (χ1n) is 15.2. The van der Waals surface area contributed by atoms with E-state index >= 15 is 0 Å². The molecule has 1 aromatic heterocycles. The standard InChI is InChI=1S/C36H36ClN5O3S/c1-22-23(2)25(4)34(26(5)24(22)3)46(44,45)40-30-14-11-28(12-15-30)35(43)41-17-19-42(20-18-41)36-38-32-16-13-29(37)21-31(32)33(39-36)27-9-7-6-8-10-27/h6-16,21,40H,17-20H2,1-5H3. The maximum absolute atomic E-state index is 13.5. The minimum absolute atomic E-state index is 0.107. The molecule has 1 fully saturated rings. The van der Waals surface area contributed by atoms with Crippen molar-refractivity contribution in [2.45, 2.75) is 39.5 Å². The number of piperazine rings is 1. The van der Waals surface area contributed by atoms with Crippen molar-refractivity contribution in [1.29, 1.82) is 0 Å². The zero-order valence-electron chi connectivity index (χ0n) is 26.6. The van der Waals surface area contributed by atoms with Gasteiger partial charge in [-0.15, -0.1) is 0 Å². The summed E-state index contributed by atoms with van der Waals surface area (Å²) in [5, 5.41) is 1.51. The van der Waals surface area contributed by atoms with Crippen molar-refractivity contribution in [3.63, 3.8) is 0 Å². The molecule has 0 radical (unpaired) electrons. The molecule has 236 valence electrons. The van der Waals surface area contributed by atoms with E-state index < -0.39 is 10.0 Å². The first kappa shape index (κ1) is 31.5. The highest BCUT2D eigenvalue weighted by Crippen LogP contribution is 2.32. The lowest BCUT2D eigenvalue weighted by Crippen LogP contribution is -2.49. The molecule has 1 saturated heterocycles. The second-order valence-corrected chi connectivity index (χ2v) is 13.9. The molecule has 1 aliphatic rings. The van der Waals surface area contributed by atoms with Gasteiger partial charge in [-0.3, -0.25) is 9.52 Å². The van der Waals surface area contributed by atoms with Crippen LogP contribution in [0.15, 0.2) is 77.7 Å². The molecule has 0 spiro atoms. The van der Waals surface area contributed by atoms with E-state index in [2.05, 4.69) is 9.62 Å². The summed E-state index contributed by atoms with van der Waals surface area (Å²) in [6, 6.07) is 22.2. The topological polar surface area (TPSA) is 95.5 Å². The van der Waals surface area contributed by atoms with Crippen molar-refractivity contribution in [1.82, 2.24) is 14.9 Å². The van der Waals surface area contributed by atoms with Crippen molar-refractivity contribution < 1.29 is 13.2 Å². The lowest BCUT2D eigenvalue weighted by molar-refractivity contribution is 0.0746. The summed E-state index contributed by atoms with van der Waals surface area (Å²) in [6.07, 6.45) is 0. The Morgan fingerprint density at radius 2 is 1.37 bits per heavy atom. The number of nitrogens with zero attached hydrogens (tertiary/aromatic N) is 4. The third-order valence-corrected chi connectivity index (χ3v) is 11.0. The summed E-state index contributed by atoms with van der Waals surface area (Å²) in [5.41, 5.74) is 8.03. The minimum Gasteiger partial charge on any atom is -0.337 e. The highest BCUT2D eigenvalue weighted by atomic mass is 35.5. The van der Waals surface area contributed by atoms with Crippen LogP contribution in [0.3, 0.4) is 0 Å². The van der Waals surface area contributed by atoms with Crippen LogP contribution in [0.1, 0.15) is 38.2 Å². The smallest absolute Gasteiger partial charge is 0.262 e. The Labute approximate surface area is 275 Å². The fraction of sp³-hybridized carbons (Fsp3) is 0.250. The molecule has 6 rings (SSSR count). The van der Waals surface area contributed by atoms with Gasteiger partial charge in [0, 0.05) is 53.4 Å². The van der Waals surface area contributed by atoms with Crippen LogP contribution in [0.25, 0.3) is 22.2 Å². The maximum atomic E-state index is 13.5. The van der Waals surface area contributed by atoms with E-state index in [1.54, 1.807) is 29.2 Å². The fourth-order valence-electron chi connectivity index (χ4n) is 6.09. The van der Waals surface area contributed by atoms with Gasteiger partial charge in [0.15, 0.2) is 0 Å². The Morgan fingerprint density at radius 1 is 0.761 bits per heavy atom. The average molecular weight is 654 g/mol. The van der Waals surface area contributed by atoms with Crippen LogP contribution in [0.5, 0.6) is 0 Å². The van der Waals surface area contributed by atoms with Gasteiger partial charge in [-0.1, -0.05) is 41.9 Å². The van der Waals surface area contributed by atoms with Crippen LogP contribution in [0.2, 0.25) is 5.02 Å². The highest BCUT2D eigenvalue weighted by molar-refractivity contribution is 7.92. The highest BCUT2D eigenvalue weighted by Gasteiger charge is 2.26. The summed E-state index contributed by atoms with van der Waals surface area (Å²) in [5.74, 6) is 0.506. The van der Waals surface area contributed by atoms with Crippen LogP contribution in [0, 0.1) is 34.6 Å². The quantitative estimate of drug-likeness (QED) is 0.207. The van der Waals surface area contributed by atoms with E-state index in [1.807, 2.05) is 83.1 Å².